The van der Waals surface area contributed by atoms with Gasteiger partial charge >= 0.3 is 0 Å². The van der Waals surface area contributed by atoms with Crippen LogP contribution in [0.15, 0.2) is 36.4 Å². The van der Waals surface area contributed by atoms with Gasteiger partial charge in [-0.1, -0.05) is 36.4 Å². The summed E-state index contributed by atoms with van der Waals surface area (Å²) in [5.41, 5.74) is 1.24. The predicted octanol–water partition coefficient (Wildman–Crippen LogP) is 4.39. The van der Waals surface area contributed by atoms with Crippen LogP contribution in [0.2, 0.25) is 0 Å². The van der Waals surface area contributed by atoms with Crippen molar-refractivity contribution < 1.29 is 4.74 Å². The minimum absolute atomic E-state index is 0.0346. The maximum Gasteiger partial charge on any atom is 0.0598 e. The van der Waals surface area contributed by atoms with Crippen LogP contribution in [-0.2, 0) is 11.2 Å². The number of hydrogen-bond donors (Lipinski definition) is 0. The molecule has 0 spiro atoms. The second kappa shape index (κ2) is 5.53. The molecule has 0 saturated carbocycles. The maximum atomic E-state index is 5.72. The number of hydrogen-bond acceptors (Lipinski definition) is 1. The number of benzene rings is 2. The molecular weight excluding hydrogens is 220 g/mol. The van der Waals surface area contributed by atoms with Gasteiger partial charge < -0.3 is 4.74 Å². The smallest absolute Gasteiger partial charge is 0.0598 e. The van der Waals surface area contributed by atoms with E-state index in [4.69, 9.17) is 4.74 Å². The number of rotatable bonds is 4. The van der Waals surface area contributed by atoms with E-state index in [0.717, 1.165) is 19.4 Å². The third-order valence-corrected chi connectivity index (χ3v) is 2.85. The Bertz CT molecular complexity index is 508. The molecule has 0 fully saturated rings. The molecule has 1 radical (unpaired) electrons. The average Bonchev–Trinajstić information content (AvgIpc) is 2.33. The van der Waals surface area contributed by atoms with Gasteiger partial charge in [0.2, 0.25) is 0 Å². The zero-order valence-corrected chi connectivity index (χ0v) is 11.5. The maximum absolute atomic E-state index is 5.72. The summed E-state index contributed by atoms with van der Waals surface area (Å²) < 4.78 is 5.72. The Morgan fingerprint density at radius 3 is 2.61 bits per heavy atom. The minimum Gasteiger partial charge on any atom is -0.376 e. The van der Waals surface area contributed by atoms with Crippen molar-refractivity contribution in [2.24, 2.45) is 0 Å². The van der Waals surface area contributed by atoms with Crippen molar-refractivity contribution in [3.8, 4) is 0 Å². The molecule has 0 saturated heterocycles. The fraction of sp³-hybridized carbons (Fsp3) is 0.412. The molecule has 0 atom stereocenters. The van der Waals surface area contributed by atoms with Crippen molar-refractivity contribution in [2.45, 2.75) is 39.2 Å². The Kier molecular flexibility index (Phi) is 4.03. The Labute approximate surface area is 110 Å². The van der Waals surface area contributed by atoms with E-state index in [0.29, 0.717) is 0 Å². The molecule has 1 heteroatoms. The fourth-order valence-corrected chi connectivity index (χ4v) is 1.95. The van der Waals surface area contributed by atoms with Crippen molar-refractivity contribution in [2.75, 3.05) is 6.61 Å². The van der Waals surface area contributed by atoms with Crippen LogP contribution in [0.3, 0.4) is 0 Å². The van der Waals surface area contributed by atoms with Crippen LogP contribution in [0.1, 0.15) is 32.8 Å². The van der Waals surface area contributed by atoms with E-state index < -0.39 is 0 Å². The van der Waals surface area contributed by atoms with Gasteiger partial charge in [-0.2, -0.15) is 0 Å². The molecule has 0 amide bonds. The standard InChI is InChI=1S/C17H21O/c1-17(2,3)18-12-6-7-14-10-11-15-8-4-5-9-16(15)13-14/h4-5,8-11H,6-7,12H2,1-3H3. The Morgan fingerprint density at radius 1 is 1.06 bits per heavy atom. The zero-order valence-electron chi connectivity index (χ0n) is 11.5. The first kappa shape index (κ1) is 13.1. The Morgan fingerprint density at radius 2 is 1.83 bits per heavy atom. The first-order valence-corrected chi connectivity index (χ1v) is 6.58. The van der Waals surface area contributed by atoms with Crippen LogP contribution in [-0.4, -0.2) is 12.2 Å². The van der Waals surface area contributed by atoms with Crippen LogP contribution >= 0.6 is 0 Å². The average molecular weight is 241 g/mol. The summed E-state index contributed by atoms with van der Waals surface area (Å²) in [5.74, 6) is 0. The molecule has 95 valence electrons. The summed E-state index contributed by atoms with van der Waals surface area (Å²) in [6.07, 6.45) is 2.08. The molecule has 0 heterocycles. The summed E-state index contributed by atoms with van der Waals surface area (Å²) >= 11 is 0. The van der Waals surface area contributed by atoms with Crippen LogP contribution in [0.4, 0.5) is 0 Å². The van der Waals surface area contributed by atoms with Crippen LogP contribution in [0.25, 0.3) is 10.8 Å². The zero-order chi connectivity index (χ0) is 13.0. The molecule has 0 aromatic heterocycles. The summed E-state index contributed by atoms with van der Waals surface area (Å²) in [4.78, 5) is 0. The summed E-state index contributed by atoms with van der Waals surface area (Å²) in [6.45, 7) is 7.09. The Hall–Kier alpha value is -1.34. The van der Waals surface area contributed by atoms with Gasteiger partial charge in [-0.15, -0.1) is 0 Å². The van der Waals surface area contributed by atoms with Gasteiger partial charge in [0.05, 0.1) is 5.60 Å². The highest BCUT2D eigenvalue weighted by Gasteiger charge is 2.08. The van der Waals surface area contributed by atoms with Crippen molar-refractivity contribution in [1.82, 2.24) is 0 Å². The lowest BCUT2D eigenvalue weighted by Crippen LogP contribution is -2.19. The van der Waals surface area contributed by atoms with E-state index in [1.807, 2.05) is 0 Å². The summed E-state index contributed by atoms with van der Waals surface area (Å²) in [5, 5.41) is 2.46. The molecule has 2 aromatic carbocycles. The van der Waals surface area contributed by atoms with Gasteiger partial charge in [-0.05, 0) is 56.0 Å². The first-order valence-electron chi connectivity index (χ1n) is 6.58. The quantitative estimate of drug-likeness (QED) is 0.721. The third-order valence-electron chi connectivity index (χ3n) is 2.85. The lowest BCUT2D eigenvalue weighted by Gasteiger charge is -2.19. The van der Waals surface area contributed by atoms with E-state index in [1.165, 1.54) is 16.3 Å². The minimum atomic E-state index is -0.0346. The SMILES string of the molecule is CC(C)(C)OCCCc1[c]c2ccccc2cc1. The lowest BCUT2D eigenvalue weighted by atomic mass is 10.0. The van der Waals surface area contributed by atoms with Crippen LogP contribution in [0.5, 0.6) is 0 Å². The van der Waals surface area contributed by atoms with E-state index in [1.54, 1.807) is 0 Å². The molecule has 0 bridgehead atoms. The van der Waals surface area contributed by atoms with E-state index in [9.17, 15) is 0 Å². The molecule has 2 aromatic rings. The van der Waals surface area contributed by atoms with Crippen molar-refractivity contribution in [1.29, 1.82) is 0 Å². The summed E-state index contributed by atoms with van der Waals surface area (Å²) in [6, 6.07) is 16.2. The Balaban J connectivity index is 1.92. The van der Waals surface area contributed by atoms with Gasteiger partial charge in [-0.25, -0.2) is 0 Å². The monoisotopic (exact) mass is 241 g/mol. The molecule has 1 nitrogen and oxygen atoms in total. The van der Waals surface area contributed by atoms with Crippen molar-refractivity contribution in [3.63, 3.8) is 0 Å². The second-order valence-corrected chi connectivity index (χ2v) is 5.64. The molecule has 18 heavy (non-hydrogen) atoms. The van der Waals surface area contributed by atoms with Gasteiger partial charge in [-0.3, -0.25) is 0 Å². The van der Waals surface area contributed by atoms with Crippen molar-refractivity contribution in [3.05, 3.63) is 48.0 Å². The topological polar surface area (TPSA) is 9.23 Å². The molecule has 0 aliphatic carbocycles. The molecule has 0 aliphatic heterocycles. The number of aryl methyl sites for hydroxylation is 1. The lowest BCUT2D eigenvalue weighted by molar-refractivity contribution is -0.00384. The second-order valence-electron chi connectivity index (χ2n) is 5.64. The highest BCUT2D eigenvalue weighted by molar-refractivity contribution is 5.82. The van der Waals surface area contributed by atoms with Gasteiger partial charge in [0.1, 0.15) is 0 Å². The summed E-state index contributed by atoms with van der Waals surface area (Å²) in [7, 11) is 0. The highest BCUT2D eigenvalue weighted by Crippen LogP contribution is 2.16. The third kappa shape index (κ3) is 3.85. The molecule has 0 N–H and O–H groups in total. The van der Waals surface area contributed by atoms with Crippen molar-refractivity contribution >= 4 is 10.8 Å². The molecule has 2 rings (SSSR count). The molecule has 0 aliphatic rings. The highest BCUT2D eigenvalue weighted by atomic mass is 16.5. The van der Waals surface area contributed by atoms with Crippen LogP contribution in [0, 0.1) is 6.07 Å². The van der Waals surface area contributed by atoms with E-state index in [-0.39, 0.29) is 5.60 Å². The normalized spacial score (nSPS) is 11.9. The van der Waals surface area contributed by atoms with Gasteiger partial charge in [0, 0.05) is 6.61 Å². The number of fused-ring (bicyclic) bond motifs is 1. The van der Waals surface area contributed by atoms with Gasteiger partial charge in [0.25, 0.3) is 0 Å². The fourth-order valence-electron chi connectivity index (χ4n) is 1.95. The van der Waals surface area contributed by atoms with E-state index >= 15 is 0 Å². The molecule has 0 unspecified atom stereocenters. The molecular formula is C17H21O. The number of ether oxygens (including phenoxy) is 1. The van der Waals surface area contributed by atoms with Gasteiger partial charge in [0.15, 0.2) is 0 Å². The van der Waals surface area contributed by atoms with E-state index in [2.05, 4.69) is 63.2 Å². The van der Waals surface area contributed by atoms with Crippen LogP contribution < -0.4 is 0 Å². The first-order chi connectivity index (χ1) is 8.54. The largest absolute Gasteiger partial charge is 0.376 e. The predicted molar refractivity (Wildman–Crippen MR) is 76.8 cm³/mol.